The second kappa shape index (κ2) is 5.73. The summed E-state index contributed by atoms with van der Waals surface area (Å²) in [5.74, 6) is 0.0749. The van der Waals surface area contributed by atoms with Gasteiger partial charge in [-0.05, 0) is 40.4 Å². The molecule has 1 atom stereocenters. The normalized spacial score (nSPS) is 17.6. The summed E-state index contributed by atoms with van der Waals surface area (Å²) in [4.78, 5) is 12.7. The maximum absolute atomic E-state index is 12.7. The third kappa shape index (κ3) is 2.68. The number of carbonyl (C=O) groups excluding carboxylic acids is 1. The molecular formula is C16H17BrN2O2. The van der Waals surface area contributed by atoms with Gasteiger partial charge in [-0.15, -0.1) is 0 Å². The predicted octanol–water partition coefficient (Wildman–Crippen LogP) is 2.92. The maximum atomic E-state index is 12.7. The van der Waals surface area contributed by atoms with E-state index in [1.165, 1.54) is 5.56 Å². The lowest BCUT2D eigenvalue weighted by Gasteiger charge is -2.25. The molecule has 4 nitrogen and oxygen atoms in total. The van der Waals surface area contributed by atoms with Gasteiger partial charge in [-0.1, -0.05) is 24.3 Å². The van der Waals surface area contributed by atoms with Gasteiger partial charge >= 0.3 is 0 Å². The number of fused-ring (bicyclic) bond motifs is 1. The zero-order chi connectivity index (χ0) is 15.0. The molecule has 0 saturated carbocycles. The van der Waals surface area contributed by atoms with Gasteiger partial charge in [-0.25, -0.2) is 0 Å². The summed E-state index contributed by atoms with van der Waals surface area (Å²) < 4.78 is 8.39. The lowest BCUT2D eigenvalue weighted by molar-refractivity contribution is -0.131. The number of ketones is 1. The molecule has 3 rings (SSSR count). The summed E-state index contributed by atoms with van der Waals surface area (Å²) >= 11 is 3.51. The van der Waals surface area contributed by atoms with Crippen molar-refractivity contribution >= 4 is 21.7 Å². The second-order valence-electron chi connectivity index (χ2n) is 5.31. The highest BCUT2D eigenvalue weighted by molar-refractivity contribution is 9.10. The molecule has 0 bridgehead atoms. The molecule has 0 N–H and O–H groups in total. The lowest BCUT2D eigenvalue weighted by atomic mass is 9.93. The number of ether oxygens (including phenoxy) is 1. The Morgan fingerprint density at radius 3 is 2.95 bits per heavy atom. The van der Waals surface area contributed by atoms with E-state index in [2.05, 4.69) is 27.1 Å². The maximum Gasteiger partial charge on any atom is 0.172 e. The monoisotopic (exact) mass is 348 g/mol. The highest BCUT2D eigenvalue weighted by Gasteiger charge is 2.28. The van der Waals surface area contributed by atoms with Gasteiger partial charge in [0.1, 0.15) is 6.10 Å². The minimum absolute atomic E-state index is 0.0749. The Labute approximate surface area is 132 Å². The van der Waals surface area contributed by atoms with Gasteiger partial charge in [0.05, 0.1) is 28.9 Å². The molecule has 1 aromatic carbocycles. The van der Waals surface area contributed by atoms with Gasteiger partial charge in [0.2, 0.25) is 0 Å². The fourth-order valence-corrected chi connectivity index (χ4v) is 3.27. The third-order valence-electron chi connectivity index (χ3n) is 3.89. The van der Waals surface area contributed by atoms with Crippen molar-refractivity contribution in [2.45, 2.75) is 25.9 Å². The van der Waals surface area contributed by atoms with Crippen molar-refractivity contribution in [1.29, 1.82) is 0 Å². The highest BCUT2D eigenvalue weighted by atomic mass is 79.9. The van der Waals surface area contributed by atoms with Gasteiger partial charge in [-0.3, -0.25) is 9.48 Å². The van der Waals surface area contributed by atoms with E-state index in [-0.39, 0.29) is 5.78 Å². The molecule has 0 spiro atoms. The van der Waals surface area contributed by atoms with Crippen LogP contribution in [0.15, 0.2) is 28.7 Å². The first kappa shape index (κ1) is 14.5. The van der Waals surface area contributed by atoms with Crippen LogP contribution in [0, 0.1) is 6.92 Å². The first-order valence-corrected chi connectivity index (χ1v) is 7.77. The van der Waals surface area contributed by atoms with E-state index < -0.39 is 6.10 Å². The fraction of sp³-hybridized carbons (Fsp3) is 0.375. The SMILES string of the molecule is Cc1nn(C)c(CC(=O)C2OCCc3ccccc32)c1Br. The van der Waals surface area contributed by atoms with Gasteiger partial charge in [0.15, 0.2) is 5.78 Å². The van der Waals surface area contributed by atoms with Crippen molar-refractivity contribution in [3.05, 3.63) is 51.3 Å². The van der Waals surface area contributed by atoms with Crippen LogP contribution >= 0.6 is 15.9 Å². The van der Waals surface area contributed by atoms with Crippen LogP contribution in [0.5, 0.6) is 0 Å². The number of hydrogen-bond acceptors (Lipinski definition) is 3. The molecule has 21 heavy (non-hydrogen) atoms. The zero-order valence-electron chi connectivity index (χ0n) is 12.1. The van der Waals surface area contributed by atoms with E-state index in [4.69, 9.17) is 4.74 Å². The summed E-state index contributed by atoms with van der Waals surface area (Å²) in [6.45, 7) is 2.52. The molecule has 0 amide bonds. The first-order chi connectivity index (χ1) is 10.1. The molecule has 0 aliphatic carbocycles. The van der Waals surface area contributed by atoms with Gasteiger partial charge in [0, 0.05) is 7.05 Å². The van der Waals surface area contributed by atoms with Crippen LogP contribution < -0.4 is 0 Å². The fourth-order valence-electron chi connectivity index (χ4n) is 2.79. The standard InChI is InChI=1S/C16H17BrN2O2/c1-10-15(17)13(19(2)18-10)9-14(20)16-12-6-4-3-5-11(12)7-8-21-16/h3-6,16H,7-9H2,1-2H3. The third-order valence-corrected chi connectivity index (χ3v) is 4.92. The molecule has 2 heterocycles. The van der Waals surface area contributed by atoms with E-state index in [1.807, 2.05) is 32.2 Å². The number of carbonyl (C=O) groups is 1. The average Bonchev–Trinajstić information content (AvgIpc) is 2.73. The Bertz CT molecular complexity index is 694. The van der Waals surface area contributed by atoms with E-state index >= 15 is 0 Å². The van der Waals surface area contributed by atoms with Crippen LogP contribution in [0.4, 0.5) is 0 Å². The highest BCUT2D eigenvalue weighted by Crippen LogP contribution is 2.30. The molecule has 0 fully saturated rings. The molecule has 5 heteroatoms. The molecule has 1 aliphatic rings. The molecule has 2 aromatic rings. The van der Waals surface area contributed by atoms with Crippen LogP contribution in [0.2, 0.25) is 0 Å². The van der Waals surface area contributed by atoms with Crippen molar-refractivity contribution in [2.75, 3.05) is 6.61 Å². The van der Waals surface area contributed by atoms with Crippen molar-refractivity contribution in [3.8, 4) is 0 Å². The Morgan fingerprint density at radius 1 is 1.48 bits per heavy atom. The molecule has 1 aliphatic heterocycles. The topological polar surface area (TPSA) is 44.1 Å². The van der Waals surface area contributed by atoms with Crippen LogP contribution in [-0.4, -0.2) is 22.2 Å². The number of rotatable bonds is 3. The minimum Gasteiger partial charge on any atom is -0.365 e. The van der Waals surface area contributed by atoms with Gasteiger partial charge in [-0.2, -0.15) is 5.10 Å². The Balaban J connectivity index is 1.87. The summed E-state index contributed by atoms with van der Waals surface area (Å²) in [7, 11) is 1.86. The van der Waals surface area contributed by atoms with Crippen LogP contribution in [0.1, 0.15) is 28.6 Å². The van der Waals surface area contributed by atoms with E-state index in [0.29, 0.717) is 13.0 Å². The number of aromatic nitrogens is 2. The van der Waals surface area contributed by atoms with Crippen LogP contribution in [0.25, 0.3) is 0 Å². The number of Topliss-reactive ketones (excluding diaryl/α,β-unsaturated/α-hetero) is 1. The molecule has 110 valence electrons. The number of aryl methyl sites for hydroxylation is 2. The minimum atomic E-state index is -0.461. The van der Waals surface area contributed by atoms with E-state index in [0.717, 1.165) is 27.8 Å². The number of nitrogens with zero attached hydrogens (tertiary/aromatic N) is 2. The van der Waals surface area contributed by atoms with Crippen molar-refractivity contribution in [1.82, 2.24) is 9.78 Å². The van der Waals surface area contributed by atoms with E-state index in [9.17, 15) is 4.79 Å². The first-order valence-electron chi connectivity index (χ1n) is 6.98. The van der Waals surface area contributed by atoms with Crippen LogP contribution in [0.3, 0.4) is 0 Å². The average molecular weight is 349 g/mol. The summed E-state index contributed by atoms with van der Waals surface area (Å²) in [5.41, 5.74) is 4.00. The molecule has 1 aromatic heterocycles. The summed E-state index contributed by atoms with van der Waals surface area (Å²) in [5, 5.41) is 4.33. The Hall–Kier alpha value is -1.46. The van der Waals surface area contributed by atoms with Crippen LogP contribution in [-0.2, 0) is 29.4 Å². The summed E-state index contributed by atoms with van der Waals surface area (Å²) in [6, 6.07) is 8.02. The largest absolute Gasteiger partial charge is 0.365 e. The Kier molecular flexibility index (Phi) is 3.95. The quantitative estimate of drug-likeness (QED) is 0.856. The van der Waals surface area contributed by atoms with E-state index in [1.54, 1.807) is 4.68 Å². The molecule has 0 saturated heterocycles. The molecule has 1 unspecified atom stereocenters. The number of halogens is 1. The van der Waals surface area contributed by atoms with Crippen molar-refractivity contribution in [3.63, 3.8) is 0 Å². The zero-order valence-corrected chi connectivity index (χ0v) is 13.7. The smallest absolute Gasteiger partial charge is 0.172 e. The number of hydrogen-bond donors (Lipinski definition) is 0. The predicted molar refractivity (Wildman–Crippen MR) is 83.2 cm³/mol. The molecule has 0 radical (unpaired) electrons. The summed E-state index contributed by atoms with van der Waals surface area (Å²) in [6.07, 6.45) is 0.725. The Morgan fingerprint density at radius 2 is 2.24 bits per heavy atom. The number of benzene rings is 1. The van der Waals surface area contributed by atoms with Gasteiger partial charge < -0.3 is 4.74 Å². The molecular weight excluding hydrogens is 332 g/mol. The lowest BCUT2D eigenvalue weighted by Crippen LogP contribution is -2.25. The second-order valence-corrected chi connectivity index (χ2v) is 6.11. The van der Waals surface area contributed by atoms with Crippen molar-refractivity contribution in [2.24, 2.45) is 7.05 Å². The van der Waals surface area contributed by atoms with Gasteiger partial charge in [0.25, 0.3) is 0 Å². The van der Waals surface area contributed by atoms with Crippen molar-refractivity contribution < 1.29 is 9.53 Å².